The predicted molar refractivity (Wildman–Crippen MR) is 61.1 cm³/mol. The van der Waals surface area contributed by atoms with E-state index in [0.29, 0.717) is 10.6 Å². The van der Waals surface area contributed by atoms with Crippen molar-refractivity contribution in [2.24, 2.45) is 0 Å². The van der Waals surface area contributed by atoms with Crippen LogP contribution in [0.15, 0.2) is 6.07 Å². The highest BCUT2D eigenvalue weighted by molar-refractivity contribution is 7.14. The SMILES string of the molecule is Cc1sc(C(=O)NC(C)CC(F)(F)F)cc1N. The highest BCUT2D eigenvalue weighted by atomic mass is 32.1. The van der Waals surface area contributed by atoms with Crippen LogP contribution < -0.4 is 11.1 Å². The first-order valence-electron chi connectivity index (χ1n) is 4.92. The van der Waals surface area contributed by atoms with Gasteiger partial charge in [0.1, 0.15) is 0 Å². The minimum absolute atomic E-state index is 0.328. The number of carbonyl (C=O) groups is 1. The number of nitrogens with one attached hydrogen (secondary N) is 1. The molecule has 1 rings (SSSR count). The Balaban J connectivity index is 2.61. The largest absolute Gasteiger partial charge is 0.398 e. The minimum atomic E-state index is -4.28. The van der Waals surface area contributed by atoms with Gasteiger partial charge in [0.25, 0.3) is 5.91 Å². The topological polar surface area (TPSA) is 55.1 Å². The maximum absolute atomic E-state index is 12.1. The fourth-order valence-electron chi connectivity index (χ4n) is 1.30. The number of anilines is 1. The van der Waals surface area contributed by atoms with E-state index in [1.807, 2.05) is 0 Å². The van der Waals surface area contributed by atoms with Crippen molar-refractivity contribution < 1.29 is 18.0 Å². The minimum Gasteiger partial charge on any atom is -0.398 e. The Morgan fingerprint density at radius 3 is 2.59 bits per heavy atom. The number of amides is 1. The van der Waals surface area contributed by atoms with E-state index in [1.54, 1.807) is 6.92 Å². The van der Waals surface area contributed by atoms with Gasteiger partial charge in [-0.1, -0.05) is 0 Å². The Hall–Kier alpha value is -1.24. The van der Waals surface area contributed by atoms with Crippen LogP contribution in [0.2, 0.25) is 0 Å². The molecule has 7 heteroatoms. The molecule has 1 aromatic rings. The maximum atomic E-state index is 12.1. The van der Waals surface area contributed by atoms with Crippen LogP contribution >= 0.6 is 11.3 Å². The molecule has 1 amide bonds. The number of rotatable bonds is 3. The summed E-state index contributed by atoms with van der Waals surface area (Å²) in [5.74, 6) is -0.522. The Morgan fingerprint density at radius 1 is 1.59 bits per heavy atom. The number of thiophene rings is 1. The average Bonchev–Trinajstić information content (AvgIpc) is 2.43. The number of alkyl halides is 3. The summed E-state index contributed by atoms with van der Waals surface area (Å²) in [5.41, 5.74) is 6.04. The summed E-state index contributed by atoms with van der Waals surface area (Å²) in [6.45, 7) is 3.06. The van der Waals surface area contributed by atoms with Crippen LogP contribution in [0, 0.1) is 6.92 Å². The standard InChI is InChI=1S/C10H13F3N2OS/c1-5(4-10(11,12)13)15-9(16)8-3-7(14)6(2)17-8/h3,5H,4,14H2,1-2H3,(H,15,16). The lowest BCUT2D eigenvalue weighted by molar-refractivity contribution is -0.138. The molecule has 3 nitrogen and oxygen atoms in total. The van der Waals surface area contributed by atoms with E-state index in [-0.39, 0.29) is 0 Å². The van der Waals surface area contributed by atoms with Crippen molar-refractivity contribution in [2.75, 3.05) is 5.73 Å². The molecule has 0 aromatic carbocycles. The second kappa shape index (κ2) is 4.95. The molecule has 0 fully saturated rings. The zero-order valence-electron chi connectivity index (χ0n) is 9.39. The number of nitrogens with two attached hydrogens (primary N) is 1. The molecule has 1 atom stereocenters. The monoisotopic (exact) mass is 266 g/mol. The fourth-order valence-corrected chi connectivity index (χ4v) is 2.15. The molecular weight excluding hydrogens is 253 g/mol. The van der Waals surface area contributed by atoms with E-state index < -0.39 is 24.5 Å². The van der Waals surface area contributed by atoms with E-state index in [4.69, 9.17) is 5.73 Å². The summed E-state index contributed by atoms with van der Waals surface area (Å²) < 4.78 is 36.2. The third kappa shape index (κ3) is 4.26. The van der Waals surface area contributed by atoms with E-state index in [2.05, 4.69) is 5.32 Å². The van der Waals surface area contributed by atoms with Gasteiger partial charge in [0.15, 0.2) is 0 Å². The Morgan fingerprint density at radius 2 is 2.18 bits per heavy atom. The van der Waals surface area contributed by atoms with Gasteiger partial charge >= 0.3 is 6.18 Å². The number of hydrogen-bond donors (Lipinski definition) is 2. The van der Waals surface area contributed by atoms with Gasteiger partial charge in [0, 0.05) is 16.6 Å². The first-order chi connectivity index (χ1) is 7.69. The summed E-state index contributed by atoms with van der Waals surface area (Å²) in [5, 5.41) is 2.29. The average molecular weight is 266 g/mol. The lowest BCUT2D eigenvalue weighted by Crippen LogP contribution is -2.35. The second-order valence-electron chi connectivity index (χ2n) is 3.82. The molecule has 0 saturated heterocycles. The molecule has 0 aliphatic carbocycles. The van der Waals surface area contributed by atoms with E-state index in [0.717, 1.165) is 16.2 Å². The number of hydrogen-bond acceptors (Lipinski definition) is 3. The van der Waals surface area contributed by atoms with E-state index in [9.17, 15) is 18.0 Å². The maximum Gasteiger partial charge on any atom is 0.391 e. The Labute approximate surface area is 101 Å². The fraction of sp³-hybridized carbons (Fsp3) is 0.500. The van der Waals surface area contributed by atoms with Gasteiger partial charge in [-0.25, -0.2) is 0 Å². The van der Waals surface area contributed by atoms with Crippen molar-refractivity contribution in [3.05, 3.63) is 15.8 Å². The van der Waals surface area contributed by atoms with E-state index >= 15 is 0 Å². The number of halogens is 3. The molecule has 17 heavy (non-hydrogen) atoms. The van der Waals surface area contributed by atoms with Crippen molar-refractivity contribution in [1.82, 2.24) is 5.32 Å². The zero-order valence-corrected chi connectivity index (χ0v) is 10.2. The lowest BCUT2D eigenvalue weighted by Gasteiger charge is -2.15. The summed E-state index contributed by atoms with van der Waals surface area (Å²) in [7, 11) is 0. The molecule has 96 valence electrons. The third-order valence-electron chi connectivity index (χ3n) is 2.10. The Bertz CT molecular complexity index is 395. The molecule has 3 N–H and O–H groups in total. The smallest absolute Gasteiger partial charge is 0.391 e. The number of carbonyl (C=O) groups excluding carboxylic acids is 1. The van der Waals surface area contributed by atoms with E-state index in [1.165, 1.54) is 13.0 Å². The molecule has 0 saturated carbocycles. The third-order valence-corrected chi connectivity index (χ3v) is 3.16. The zero-order chi connectivity index (χ0) is 13.2. The van der Waals surface area contributed by atoms with Crippen LogP contribution in [-0.4, -0.2) is 18.1 Å². The summed E-state index contributed by atoms with van der Waals surface area (Å²) >= 11 is 1.16. The summed E-state index contributed by atoms with van der Waals surface area (Å²) in [4.78, 5) is 12.7. The van der Waals surface area contributed by atoms with Crippen molar-refractivity contribution in [1.29, 1.82) is 0 Å². The van der Waals surface area contributed by atoms with Crippen LogP contribution in [0.25, 0.3) is 0 Å². The predicted octanol–water partition coefficient (Wildman–Crippen LogP) is 2.71. The Kier molecular flexibility index (Phi) is 4.03. The van der Waals surface area contributed by atoms with Gasteiger partial charge in [-0.3, -0.25) is 4.79 Å². The van der Waals surface area contributed by atoms with Gasteiger partial charge in [0.05, 0.1) is 11.3 Å². The number of nitrogen functional groups attached to an aromatic ring is 1. The van der Waals surface area contributed by atoms with Gasteiger partial charge in [-0.2, -0.15) is 13.2 Å². The van der Waals surface area contributed by atoms with Crippen LogP contribution in [0.5, 0.6) is 0 Å². The molecule has 1 aromatic heterocycles. The molecular formula is C10H13F3N2OS. The first kappa shape index (κ1) is 13.8. The lowest BCUT2D eigenvalue weighted by atomic mass is 10.2. The van der Waals surface area contributed by atoms with Crippen molar-refractivity contribution in [2.45, 2.75) is 32.5 Å². The van der Waals surface area contributed by atoms with Crippen LogP contribution in [-0.2, 0) is 0 Å². The highest BCUT2D eigenvalue weighted by Crippen LogP contribution is 2.24. The van der Waals surface area contributed by atoms with Crippen molar-refractivity contribution in [3.63, 3.8) is 0 Å². The molecule has 1 unspecified atom stereocenters. The second-order valence-corrected chi connectivity index (χ2v) is 5.07. The molecule has 0 aliphatic rings. The van der Waals surface area contributed by atoms with Gasteiger partial charge in [-0.15, -0.1) is 11.3 Å². The normalized spacial score (nSPS) is 13.5. The molecule has 1 heterocycles. The van der Waals surface area contributed by atoms with Gasteiger partial charge in [0.2, 0.25) is 0 Å². The van der Waals surface area contributed by atoms with Crippen molar-refractivity contribution in [3.8, 4) is 0 Å². The first-order valence-corrected chi connectivity index (χ1v) is 5.74. The summed E-state index contributed by atoms with van der Waals surface area (Å²) in [6.07, 6.45) is -5.32. The molecule has 0 bridgehead atoms. The van der Waals surface area contributed by atoms with Crippen LogP contribution in [0.1, 0.15) is 27.9 Å². The highest BCUT2D eigenvalue weighted by Gasteiger charge is 2.30. The number of aryl methyl sites for hydroxylation is 1. The molecule has 0 aliphatic heterocycles. The van der Waals surface area contributed by atoms with Gasteiger partial charge in [-0.05, 0) is 19.9 Å². The quantitative estimate of drug-likeness (QED) is 0.883. The molecule has 0 radical (unpaired) electrons. The van der Waals surface area contributed by atoms with Crippen LogP contribution in [0.4, 0.5) is 18.9 Å². The van der Waals surface area contributed by atoms with Crippen molar-refractivity contribution >= 4 is 22.9 Å². The molecule has 0 spiro atoms. The van der Waals surface area contributed by atoms with Gasteiger partial charge < -0.3 is 11.1 Å². The summed E-state index contributed by atoms with van der Waals surface area (Å²) in [6, 6.07) is 0.515. The van der Waals surface area contributed by atoms with Crippen LogP contribution in [0.3, 0.4) is 0 Å².